The Hall–Kier alpha value is -3.53. The first-order valence-electron chi connectivity index (χ1n) is 9.79. The Balaban J connectivity index is 1.79. The number of benzene rings is 2. The molecule has 0 aliphatic carbocycles. The molecule has 0 amide bonds. The highest BCUT2D eigenvalue weighted by molar-refractivity contribution is 6.11. The lowest BCUT2D eigenvalue weighted by atomic mass is 9.96. The van der Waals surface area contributed by atoms with E-state index in [2.05, 4.69) is 11.8 Å². The van der Waals surface area contributed by atoms with Crippen molar-refractivity contribution >= 4 is 33.7 Å². The van der Waals surface area contributed by atoms with E-state index in [1.165, 1.54) is 6.92 Å². The van der Waals surface area contributed by atoms with Crippen LogP contribution in [0, 0.1) is 0 Å². The summed E-state index contributed by atoms with van der Waals surface area (Å²) in [7, 11) is 0. The molecule has 0 radical (unpaired) electrons. The summed E-state index contributed by atoms with van der Waals surface area (Å²) < 4.78 is 1.77. The number of nitrogens with zero attached hydrogens (tertiary/aromatic N) is 2. The molecule has 0 spiro atoms. The molecule has 4 heteroatoms. The van der Waals surface area contributed by atoms with Gasteiger partial charge in [0.2, 0.25) is 17.1 Å². The van der Waals surface area contributed by atoms with E-state index in [0.717, 1.165) is 34.3 Å². The fourth-order valence-corrected chi connectivity index (χ4v) is 3.88. The third-order valence-electron chi connectivity index (χ3n) is 5.27. The predicted octanol–water partition coefficient (Wildman–Crippen LogP) is 4.26. The number of para-hydroxylation sites is 2. The van der Waals surface area contributed by atoms with Gasteiger partial charge in [0, 0.05) is 48.4 Å². The van der Waals surface area contributed by atoms with Crippen molar-refractivity contribution in [3.05, 3.63) is 90.8 Å². The number of Topliss-reactive ketones (excluding diaryl/α,β-unsaturated/α-hetero) is 1. The maximum atomic E-state index is 13.3. The van der Waals surface area contributed by atoms with Crippen LogP contribution in [0.5, 0.6) is 0 Å². The van der Waals surface area contributed by atoms with Crippen molar-refractivity contribution < 1.29 is 14.2 Å². The highest BCUT2D eigenvalue weighted by Crippen LogP contribution is 2.32. The van der Waals surface area contributed by atoms with E-state index in [-0.39, 0.29) is 11.6 Å². The standard InChI is InChI=1S/C25H23N2O2/c1-3-26-16-14-20(21-11-5-7-13-23(21)26)17-24(29)25(18(2)28)27-15-8-10-19-9-4-6-12-22(19)27/h4-17,25H,3H2,1-2H3/q+1/b20-17+. The summed E-state index contributed by atoms with van der Waals surface area (Å²) in [4.78, 5) is 27.9. The molecular weight excluding hydrogens is 360 g/mol. The molecule has 1 atom stereocenters. The minimum Gasteiger partial charge on any atom is -0.348 e. The summed E-state index contributed by atoms with van der Waals surface area (Å²) >= 11 is 0. The summed E-state index contributed by atoms with van der Waals surface area (Å²) in [6, 6.07) is 18.7. The number of hydrogen-bond donors (Lipinski definition) is 0. The zero-order chi connectivity index (χ0) is 20.4. The minimum absolute atomic E-state index is 0.184. The molecule has 1 unspecified atom stereocenters. The number of carbonyl (C=O) groups excluding carboxylic acids is 2. The smallest absolute Gasteiger partial charge is 0.278 e. The maximum absolute atomic E-state index is 13.3. The normalized spacial score (nSPS) is 15.4. The molecule has 0 N–H and O–H groups in total. The van der Waals surface area contributed by atoms with Gasteiger partial charge in [0.15, 0.2) is 6.20 Å². The van der Waals surface area contributed by atoms with Crippen LogP contribution in [-0.2, 0) is 9.59 Å². The van der Waals surface area contributed by atoms with Crippen molar-refractivity contribution in [2.45, 2.75) is 19.9 Å². The van der Waals surface area contributed by atoms with Gasteiger partial charge in [-0.1, -0.05) is 30.3 Å². The molecule has 0 bridgehead atoms. The Morgan fingerprint density at radius 3 is 2.55 bits per heavy atom. The van der Waals surface area contributed by atoms with Crippen molar-refractivity contribution in [2.24, 2.45) is 0 Å². The van der Waals surface area contributed by atoms with Crippen LogP contribution in [-0.4, -0.2) is 18.1 Å². The third-order valence-corrected chi connectivity index (χ3v) is 5.27. The van der Waals surface area contributed by atoms with Crippen LogP contribution in [0.1, 0.15) is 25.5 Å². The highest BCUT2D eigenvalue weighted by Gasteiger charge is 2.33. The lowest BCUT2D eigenvalue weighted by molar-refractivity contribution is -0.670. The molecule has 0 fully saturated rings. The second-order valence-corrected chi connectivity index (χ2v) is 7.11. The van der Waals surface area contributed by atoms with Crippen LogP contribution in [0.15, 0.2) is 85.2 Å². The molecule has 1 aliphatic heterocycles. The van der Waals surface area contributed by atoms with Crippen molar-refractivity contribution in [3.8, 4) is 0 Å². The first kappa shape index (κ1) is 18.8. The number of ketones is 2. The molecule has 4 rings (SSSR count). The summed E-state index contributed by atoms with van der Waals surface area (Å²) in [5.41, 5.74) is 3.74. The molecule has 3 aromatic rings. The summed E-state index contributed by atoms with van der Waals surface area (Å²) in [6.45, 7) is 4.40. The summed E-state index contributed by atoms with van der Waals surface area (Å²) in [5.74, 6) is -0.408. The van der Waals surface area contributed by atoms with Crippen LogP contribution in [0.25, 0.3) is 16.5 Å². The lowest BCUT2D eigenvalue weighted by Gasteiger charge is -2.26. The number of anilines is 1. The molecule has 0 saturated carbocycles. The molecule has 144 valence electrons. The Kier molecular flexibility index (Phi) is 5.09. The Morgan fingerprint density at radius 2 is 1.76 bits per heavy atom. The van der Waals surface area contributed by atoms with Crippen molar-refractivity contribution in [1.82, 2.24) is 0 Å². The molecule has 1 aromatic heterocycles. The Labute approximate surface area is 170 Å². The SMILES string of the molecule is CCN1C=C/C(=C\C(=O)C(C(C)=O)[n+]2cccc3ccccc32)c2ccccc21. The quantitative estimate of drug-likeness (QED) is 0.375. The fraction of sp³-hybridized carbons (Fsp3) is 0.160. The fourth-order valence-electron chi connectivity index (χ4n) is 3.88. The van der Waals surface area contributed by atoms with Gasteiger partial charge in [0.05, 0.1) is 0 Å². The van der Waals surface area contributed by atoms with E-state index in [0.29, 0.717) is 0 Å². The zero-order valence-corrected chi connectivity index (χ0v) is 16.6. The van der Waals surface area contributed by atoms with Gasteiger partial charge in [0.1, 0.15) is 0 Å². The van der Waals surface area contributed by atoms with Gasteiger partial charge in [-0.15, -0.1) is 0 Å². The van der Waals surface area contributed by atoms with Gasteiger partial charge in [-0.2, -0.15) is 4.57 Å². The van der Waals surface area contributed by atoms with Crippen LogP contribution >= 0.6 is 0 Å². The van der Waals surface area contributed by atoms with E-state index < -0.39 is 6.04 Å². The average Bonchev–Trinajstić information content (AvgIpc) is 2.74. The maximum Gasteiger partial charge on any atom is 0.278 e. The number of pyridine rings is 1. The molecule has 2 aromatic carbocycles. The van der Waals surface area contributed by atoms with Gasteiger partial charge in [0.25, 0.3) is 6.04 Å². The van der Waals surface area contributed by atoms with Crippen LogP contribution in [0.2, 0.25) is 0 Å². The lowest BCUT2D eigenvalue weighted by Crippen LogP contribution is -2.47. The molecule has 0 saturated heterocycles. The topological polar surface area (TPSA) is 41.3 Å². The molecular formula is C25H23N2O2+. The third kappa shape index (κ3) is 3.49. The van der Waals surface area contributed by atoms with Gasteiger partial charge in [-0.25, -0.2) is 0 Å². The van der Waals surface area contributed by atoms with Crippen molar-refractivity contribution in [1.29, 1.82) is 0 Å². The number of carbonyl (C=O) groups is 2. The van der Waals surface area contributed by atoms with Crippen LogP contribution < -0.4 is 9.47 Å². The highest BCUT2D eigenvalue weighted by atomic mass is 16.2. The number of rotatable bonds is 5. The molecule has 29 heavy (non-hydrogen) atoms. The number of aromatic nitrogens is 1. The van der Waals surface area contributed by atoms with Gasteiger partial charge in [-0.05, 0) is 42.8 Å². The van der Waals surface area contributed by atoms with Crippen molar-refractivity contribution in [2.75, 3.05) is 11.4 Å². The zero-order valence-electron chi connectivity index (χ0n) is 16.6. The van der Waals surface area contributed by atoms with Crippen LogP contribution in [0.4, 0.5) is 5.69 Å². The van der Waals surface area contributed by atoms with Gasteiger partial charge in [-0.3, -0.25) is 9.59 Å². The minimum atomic E-state index is -0.890. The second-order valence-electron chi connectivity index (χ2n) is 7.11. The number of hydrogen-bond acceptors (Lipinski definition) is 3. The van der Waals surface area contributed by atoms with Gasteiger partial charge < -0.3 is 4.90 Å². The number of fused-ring (bicyclic) bond motifs is 2. The van der Waals surface area contributed by atoms with E-state index in [9.17, 15) is 9.59 Å². The van der Waals surface area contributed by atoms with E-state index >= 15 is 0 Å². The number of allylic oxidation sites excluding steroid dienone is 3. The van der Waals surface area contributed by atoms with Crippen LogP contribution in [0.3, 0.4) is 0 Å². The second kappa shape index (κ2) is 7.84. The molecule has 1 aliphatic rings. The molecule has 2 heterocycles. The van der Waals surface area contributed by atoms with E-state index in [1.54, 1.807) is 16.8 Å². The first-order chi connectivity index (χ1) is 14.1. The molecule has 4 nitrogen and oxygen atoms in total. The average molecular weight is 383 g/mol. The van der Waals surface area contributed by atoms with Crippen molar-refractivity contribution in [3.63, 3.8) is 0 Å². The van der Waals surface area contributed by atoms with E-state index in [4.69, 9.17) is 0 Å². The largest absolute Gasteiger partial charge is 0.348 e. The van der Waals surface area contributed by atoms with E-state index in [1.807, 2.05) is 72.9 Å². The monoisotopic (exact) mass is 383 g/mol. The Bertz CT molecular complexity index is 1150. The first-order valence-corrected chi connectivity index (χ1v) is 9.79. The van der Waals surface area contributed by atoms with Gasteiger partial charge >= 0.3 is 0 Å². The Morgan fingerprint density at radius 1 is 1.03 bits per heavy atom. The summed E-state index contributed by atoms with van der Waals surface area (Å²) in [6.07, 6.45) is 7.32. The predicted molar refractivity (Wildman–Crippen MR) is 115 cm³/mol. The summed E-state index contributed by atoms with van der Waals surface area (Å²) in [5, 5.41) is 0.989.